The number of halogens is 1. The highest BCUT2D eigenvalue weighted by atomic mass is 127. The van der Waals surface area contributed by atoms with E-state index in [2.05, 4.69) is 44.8 Å². The summed E-state index contributed by atoms with van der Waals surface area (Å²) in [7, 11) is 0. The Hall–Kier alpha value is -0.430. The van der Waals surface area contributed by atoms with Gasteiger partial charge in [0.25, 0.3) is 0 Å². The number of aromatic nitrogens is 2. The summed E-state index contributed by atoms with van der Waals surface area (Å²) < 4.78 is 1.05. The van der Waals surface area contributed by atoms with Gasteiger partial charge in [0, 0.05) is 22.5 Å². The van der Waals surface area contributed by atoms with E-state index in [0.29, 0.717) is 11.9 Å². The van der Waals surface area contributed by atoms with Crippen LogP contribution in [0.25, 0.3) is 0 Å². The van der Waals surface area contributed by atoms with Gasteiger partial charge in [-0.1, -0.05) is 13.3 Å². The number of nitrogens with two attached hydrogens (primary N) is 1. The molecule has 1 heterocycles. The van der Waals surface area contributed by atoms with Crippen LogP contribution in [0.1, 0.15) is 19.8 Å². The van der Waals surface area contributed by atoms with Crippen LogP contribution in [0.5, 0.6) is 0 Å². The van der Waals surface area contributed by atoms with Crippen LogP contribution in [0.4, 0.5) is 5.95 Å². The largest absolute Gasteiger partial charge is 0.354 e. The molecule has 0 amide bonds. The van der Waals surface area contributed by atoms with Crippen molar-refractivity contribution in [3.05, 3.63) is 16.0 Å². The summed E-state index contributed by atoms with van der Waals surface area (Å²) in [5, 5.41) is 3.23. The van der Waals surface area contributed by atoms with Crippen LogP contribution in [0.15, 0.2) is 12.4 Å². The lowest BCUT2D eigenvalue weighted by molar-refractivity contribution is 0.500. The minimum absolute atomic E-state index is 0.609. The normalized spacial score (nSPS) is 12.5. The molecule has 0 fully saturated rings. The Labute approximate surface area is 104 Å². The lowest BCUT2D eigenvalue weighted by Crippen LogP contribution is -2.18. The zero-order valence-electron chi connectivity index (χ0n) is 8.91. The molecule has 3 N–H and O–H groups in total. The first-order valence-corrected chi connectivity index (χ1v) is 6.25. The maximum absolute atomic E-state index is 5.53. The van der Waals surface area contributed by atoms with Crippen molar-refractivity contribution < 1.29 is 0 Å². The van der Waals surface area contributed by atoms with Crippen molar-refractivity contribution in [3.63, 3.8) is 0 Å². The molecule has 0 spiro atoms. The molecule has 0 bridgehead atoms. The molecule has 1 aromatic heterocycles. The van der Waals surface area contributed by atoms with E-state index in [9.17, 15) is 0 Å². The Bertz CT molecular complexity index is 275. The zero-order valence-corrected chi connectivity index (χ0v) is 11.1. The van der Waals surface area contributed by atoms with Gasteiger partial charge in [0.05, 0.1) is 0 Å². The summed E-state index contributed by atoms with van der Waals surface area (Å²) in [5.74, 6) is 1.31. The first-order valence-electron chi connectivity index (χ1n) is 5.17. The van der Waals surface area contributed by atoms with Crippen LogP contribution in [-0.4, -0.2) is 23.1 Å². The second kappa shape index (κ2) is 6.95. The fourth-order valence-electron chi connectivity index (χ4n) is 1.33. The van der Waals surface area contributed by atoms with E-state index in [0.717, 1.165) is 29.5 Å². The summed E-state index contributed by atoms with van der Waals surface area (Å²) in [4.78, 5) is 8.37. The van der Waals surface area contributed by atoms with Crippen molar-refractivity contribution in [1.29, 1.82) is 0 Å². The van der Waals surface area contributed by atoms with Crippen molar-refractivity contribution in [3.8, 4) is 0 Å². The number of nitrogens with zero attached hydrogens (tertiary/aromatic N) is 2. The highest BCUT2D eigenvalue weighted by molar-refractivity contribution is 14.1. The standard InChI is InChI=1S/C10H17IN4/c1-2-8(3-4-12)5-13-10-14-6-9(11)7-15-10/h6-8H,2-5,12H2,1H3,(H,13,14,15). The second-order valence-electron chi connectivity index (χ2n) is 3.46. The molecule has 0 radical (unpaired) electrons. The molecule has 5 heteroatoms. The molecule has 0 saturated heterocycles. The molecule has 0 aliphatic rings. The van der Waals surface area contributed by atoms with Gasteiger partial charge in [0.15, 0.2) is 0 Å². The predicted molar refractivity (Wildman–Crippen MR) is 70.7 cm³/mol. The van der Waals surface area contributed by atoms with Crippen molar-refractivity contribution >= 4 is 28.5 Å². The van der Waals surface area contributed by atoms with Crippen LogP contribution in [0.3, 0.4) is 0 Å². The fourth-order valence-corrected chi connectivity index (χ4v) is 1.60. The van der Waals surface area contributed by atoms with Crippen LogP contribution in [-0.2, 0) is 0 Å². The minimum Gasteiger partial charge on any atom is -0.354 e. The van der Waals surface area contributed by atoms with Crippen molar-refractivity contribution in [1.82, 2.24) is 9.97 Å². The molecule has 15 heavy (non-hydrogen) atoms. The quantitative estimate of drug-likeness (QED) is 0.786. The molecular formula is C10H17IN4. The minimum atomic E-state index is 0.609. The first-order chi connectivity index (χ1) is 7.26. The molecule has 0 saturated carbocycles. The molecule has 0 aromatic carbocycles. The molecule has 1 rings (SSSR count). The average Bonchev–Trinajstić information content (AvgIpc) is 2.26. The maximum Gasteiger partial charge on any atom is 0.222 e. The summed E-state index contributed by atoms with van der Waals surface area (Å²) in [6, 6.07) is 0. The van der Waals surface area contributed by atoms with Crippen LogP contribution >= 0.6 is 22.6 Å². The number of nitrogens with one attached hydrogen (secondary N) is 1. The van der Waals surface area contributed by atoms with Crippen LogP contribution in [0, 0.1) is 9.49 Å². The van der Waals surface area contributed by atoms with Gasteiger partial charge in [-0.15, -0.1) is 0 Å². The Morgan fingerprint density at radius 1 is 1.47 bits per heavy atom. The van der Waals surface area contributed by atoms with Gasteiger partial charge in [-0.3, -0.25) is 0 Å². The highest BCUT2D eigenvalue weighted by Crippen LogP contribution is 2.08. The summed E-state index contributed by atoms with van der Waals surface area (Å²) >= 11 is 2.19. The summed E-state index contributed by atoms with van der Waals surface area (Å²) in [6.45, 7) is 3.82. The van der Waals surface area contributed by atoms with Gasteiger partial charge in [-0.2, -0.15) is 0 Å². The Morgan fingerprint density at radius 3 is 2.67 bits per heavy atom. The molecule has 1 atom stereocenters. The highest BCUT2D eigenvalue weighted by Gasteiger charge is 2.05. The molecule has 1 unspecified atom stereocenters. The van der Waals surface area contributed by atoms with Gasteiger partial charge >= 0.3 is 0 Å². The van der Waals surface area contributed by atoms with Crippen LogP contribution < -0.4 is 11.1 Å². The smallest absolute Gasteiger partial charge is 0.222 e. The molecular weight excluding hydrogens is 303 g/mol. The average molecular weight is 320 g/mol. The number of anilines is 1. The van der Waals surface area contributed by atoms with Gasteiger partial charge in [0.2, 0.25) is 5.95 Å². The van der Waals surface area contributed by atoms with Gasteiger partial charge in [-0.25, -0.2) is 9.97 Å². The van der Waals surface area contributed by atoms with E-state index >= 15 is 0 Å². The van der Waals surface area contributed by atoms with E-state index in [1.807, 2.05) is 0 Å². The summed E-state index contributed by atoms with van der Waals surface area (Å²) in [6.07, 6.45) is 5.79. The molecule has 1 aromatic rings. The lowest BCUT2D eigenvalue weighted by atomic mass is 10.0. The third-order valence-corrected chi connectivity index (χ3v) is 2.88. The zero-order chi connectivity index (χ0) is 11.1. The van der Waals surface area contributed by atoms with Gasteiger partial charge in [-0.05, 0) is 41.5 Å². The molecule has 0 aliphatic heterocycles. The SMILES string of the molecule is CCC(CCN)CNc1ncc(I)cn1. The van der Waals surface area contributed by atoms with Gasteiger partial charge in [0.1, 0.15) is 0 Å². The monoisotopic (exact) mass is 320 g/mol. The lowest BCUT2D eigenvalue weighted by Gasteiger charge is -2.14. The molecule has 84 valence electrons. The van der Waals surface area contributed by atoms with Gasteiger partial charge < -0.3 is 11.1 Å². The van der Waals surface area contributed by atoms with Crippen molar-refractivity contribution in [2.45, 2.75) is 19.8 Å². The summed E-state index contributed by atoms with van der Waals surface area (Å²) in [5.41, 5.74) is 5.53. The second-order valence-corrected chi connectivity index (χ2v) is 4.70. The van der Waals surface area contributed by atoms with Crippen LogP contribution in [0.2, 0.25) is 0 Å². The van der Waals surface area contributed by atoms with E-state index in [4.69, 9.17) is 5.73 Å². The Kier molecular flexibility index (Phi) is 5.85. The first kappa shape index (κ1) is 12.6. The predicted octanol–water partition coefficient (Wildman–Crippen LogP) is 1.87. The third kappa shape index (κ3) is 4.74. The fraction of sp³-hybridized carbons (Fsp3) is 0.600. The van der Waals surface area contributed by atoms with Crippen molar-refractivity contribution in [2.75, 3.05) is 18.4 Å². The maximum atomic E-state index is 5.53. The Morgan fingerprint density at radius 2 is 2.13 bits per heavy atom. The van der Waals surface area contributed by atoms with Crippen molar-refractivity contribution in [2.24, 2.45) is 11.7 Å². The number of hydrogen-bond donors (Lipinski definition) is 2. The van der Waals surface area contributed by atoms with E-state index in [1.165, 1.54) is 0 Å². The molecule has 4 nitrogen and oxygen atoms in total. The van der Waals surface area contributed by atoms with E-state index in [1.54, 1.807) is 12.4 Å². The Balaban J connectivity index is 2.38. The van der Waals surface area contributed by atoms with E-state index < -0.39 is 0 Å². The van der Waals surface area contributed by atoms with E-state index in [-0.39, 0.29) is 0 Å². The number of rotatable bonds is 6. The topological polar surface area (TPSA) is 63.8 Å². The number of hydrogen-bond acceptors (Lipinski definition) is 4. The molecule has 0 aliphatic carbocycles. The third-order valence-electron chi connectivity index (χ3n) is 2.32.